The van der Waals surface area contributed by atoms with Crippen molar-refractivity contribution in [3.05, 3.63) is 71.6 Å². The predicted molar refractivity (Wildman–Crippen MR) is 137 cm³/mol. The van der Waals surface area contributed by atoms with E-state index in [0.29, 0.717) is 35.0 Å². The van der Waals surface area contributed by atoms with Crippen LogP contribution in [0.4, 0.5) is 5.13 Å². The third-order valence-corrected chi connectivity index (χ3v) is 8.09. The first kappa shape index (κ1) is 23.4. The Morgan fingerprint density at radius 1 is 1.09 bits per heavy atom. The Bertz CT molecular complexity index is 1230. The molecule has 1 aromatic heterocycles. The van der Waals surface area contributed by atoms with E-state index in [0.717, 1.165) is 23.2 Å². The molecule has 3 aromatic rings. The molecule has 33 heavy (non-hydrogen) atoms. The lowest BCUT2D eigenvalue weighted by Gasteiger charge is -2.34. The summed E-state index contributed by atoms with van der Waals surface area (Å²) in [7, 11) is -3.53. The second-order valence-corrected chi connectivity index (χ2v) is 11.3. The van der Waals surface area contributed by atoms with Crippen LogP contribution in [0, 0.1) is 11.8 Å². The largest absolute Gasteiger partial charge is 0.253 e. The number of sulfonamides is 1. The van der Waals surface area contributed by atoms with E-state index in [1.807, 2.05) is 53.9 Å². The number of allylic oxidation sites excluding steroid dienone is 1. The standard InChI is InChI=1S/C25H28N4O2S2/c1-19-14-20(2)17-29(16-19)33(30,31)23-12-6-11-22(15-23)24-18-32-25(27-24)28-26-13-7-10-21-8-4-3-5-9-21/h3-13,15,18-20H,14,16-17H2,1-2H3,(H,27,28)/b10-7+,26-13+. The van der Waals surface area contributed by atoms with Crippen molar-refractivity contribution < 1.29 is 8.42 Å². The van der Waals surface area contributed by atoms with Gasteiger partial charge in [0, 0.05) is 30.2 Å². The zero-order valence-electron chi connectivity index (χ0n) is 18.8. The van der Waals surface area contributed by atoms with Crippen molar-refractivity contribution in [3.63, 3.8) is 0 Å². The number of nitrogens with one attached hydrogen (secondary N) is 1. The van der Waals surface area contributed by atoms with Crippen LogP contribution in [0.5, 0.6) is 0 Å². The maximum Gasteiger partial charge on any atom is 0.243 e. The van der Waals surface area contributed by atoms with Gasteiger partial charge in [0.05, 0.1) is 10.6 Å². The van der Waals surface area contributed by atoms with Gasteiger partial charge < -0.3 is 0 Å². The summed E-state index contributed by atoms with van der Waals surface area (Å²) in [6.45, 7) is 5.35. The fraction of sp³-hybridized carbons (Fsp3) is 0.280. The monoisotopic (exact) mass is 480 g/mol. The third kappa shape index (κ3) is 5.96. The molecule has 2 unspecified atom stereocenters. The Balaban J connectivity index is 1.44. The summed E-state index contributed by atoms with van der Waals surface area (Å²) < 4.78 is 28.1. The van der Waals surface area contributed by atoms with Gasteiger partial charge in [-0.3, -0.25) is 5.43 Å². The second kappa shape index (κ2) is 10.4. The number of hydrogen-bond donors (Lipinski definition) is 1. The molecule has 172 valence electrons. The molecule has 2 aromatic carbocycles. The van der Waals surface area contributed by atoms with Crippen molar-refractivity contribution in [2.45, 2.75) is 25.2 Å². The lowest BCUT2D eigenvalue weighted by Crippen LogP contribution is -2.42. The van der Waals surface area contributed by atoms with Crippen LogP contribution in [0.25, 0.3) is 17.3 Å². The summed E-state index contributed by atoms with van der Waals surface area (Å²) in [6, 6.07) is 17.0. The minimum absolute atomic E-state index is 0.313. The number of nitrogens with zero attached hydrogens (tertiary/aromatic N) is 3. The topological polar surface area (TPSA) is 74.7 Å². The molecule has 2 heterocycles. The molecule has 1 fully saturated rings. The van der Waals surface area contributed by atoms with E-state index in [-0.39, 0.29) is 0 Å². The van der Waals surface area contributed by atoms with Crippen LogP contribution in [0.1, 0.15) is 25.8 Å². The van der Waals surface area contributed by atoms with Gasteiger partial charge in [0.2, 0.25) is 15.2 Å². The number of benzene rings is 2. The van der Waals surface area contributed by atoms with E-state index in [9.17, 15) is 8.42 Å². The van der Waals surface area contributed by atoms with Crippen LogP contribution in [0.15, 0.2) is 76.1 Å². The van der Waals surface area contributed by atoms with Crippen molar-refractivity contribution in [1.29, 1.82) is 0 Å². The highest BCUT2D eigenvalue weighted by Crippen LogP contribution is 2.30. The molecule has 0 aliphatic carbocycles. The van der Waals surface area contributed by atoms with Gasteiger partial charge in [-0.1, -0.05) is 62.4 Å². The molecule has 8 heteroatoms. The van der Waals surface area contributed by atoms with Crippen LogP contribution < -0.4 is 5.43 Å². The predicted octanol–water partition coefficient (Wildman–Crippen LogP) is 5.59. The highest BCUT2D eigenvalue weighted by molar-refractivity contribution is 7.89. The Labute approximate surface area is 199 Å². The molecule has 0 spiro atoms. The van der Waals surface area contributed by atoms with Crippen molar-refractivity contribution in [1.82, 2.24) is 9.29 Å². The minimum Gasteiger partial charge on any atom is -0.253 e. The highest BCUT2D eigenvalue weighted by Gasteiger charge is 2.31. The number of rotatable bonds is 7. The normalized spacial score (nSPS) is 19.9. The number of hydrazone groups is 1. The van der Waals surface area contributed by atoms with Crippen molar-refractivity contribution >= 4 is 38.8 Å². The summed E-state index contributed by atoms with van der Waals surface area (Å²) >= 11 is 1.42. The Kier molecular flexibility index (Phi) is 7.37. The molecule has 1 aliphatic heterocycles. The number of anilines is 1. The average Bonchev–Trinajstić information content (AvgIpc) is 3.28. The van der Waals surface area contributed by atoms with Gasteiger partial charge in [-0.2, -0.15) is 9.41 Å². The van der Waals surface area contributed by atoms with E-state index in [1.54, 1.807) is 28.7 Å². The smallest absolute Gasteiger partial charge is 0.243 e. The fourth-order valence-electron chi connectivity index (χ4n) is 4.08. The van der Waals surface area contributed by atoms with Crippen LogP contribution in [-0.2, 0) is 10.0 Å². The van der Waals surface area contributed by atoms with E-state index < -0.39 is 10.0 Å². The zero-order chi connectivity index (χ0) is 23.3. The molecule has 1 saturated heterocycles. The van der Waals surface area contributed by atoms with E-state index in [4.69, 9.17) is 0 Å². The van der Waals surface area contributed by atoms with Crippen molar-refractivity contribution in [3.8, 4) is 11.3 Å². The first-order valence-electron chi connectivity index (χ1n) is 11.0. The zero-order valence-corrected chi connectivity index (χ0v) is 20.4. The average molecular weight is 481 g/mol. The number of piperidine rings is 1. The first-order chi connectivity index (χ1) is 15.9. The first-order valence-corrected chi connectivity index (χ1v) is 13.3. The summed E-state index contributed by atoms with van der Waals surface area (Å²) in [6.07, 6.45) is 6.55. The van der Waals surface area contributed by atoms with Crippen LogP contribution in [0.2, 0.25) is 0 Å². The minimum atomic E-state index is -3.53. The summed E-state index contributed by atoms with van der Waals surface area (Å²) in [5.74, 6) is 0.726. The van der Waals surface area contributed by atoms with Gasteiger partial charge in [0.25, 0.3) is 0 Å². The number of thiazole rings is 1. The van der Waals surface area contributed by atoms with Gasteiger partial charge >= 0.3 is 0 Å². The number of aromatic nitrogens is 1. The summed E-state index contributed by atoms with van der Waals surface area (Å²) in [4.78, 5) is 4.87. The highest BCUT2D eigenvalue weighted by atomic mass is 32.2. The quantitative estimate of drug-likeness (QED) is 0.353. The fourth-order valence-corrected chi connectivity index (χ4v) is 6.47. The third-order valence-electron chi connectivity index (χ3n) is 5.52. The Morgan fingerprint density at radius 2 is 1.85 bits per heavy atom. The van der Waals surface area contributed by atoms with Crippen molar-refractivity contribution in [2.75, 3.05) is 18.5 Å². The van der Waals surface area contributed by atoms with Gasteiger partial charge in [0.1, 0.15) is 0 Å². The van der Waals surface area contributed by atoms with Crippen LogP contribution in [0.3, 0.4) is 0 Å². The van der Waals surface area contributed by atoms with E-state index in [1.165, 1.54) is 11.3 Å². The second-order valence-electron chi connectivity index (χ2n) is 8.49. The molecular formula is C25H28N4O2S2. The molecule has 0 bridgehead atoms. The molecule has 1 aliphatic rings. The molecule has 6 nitrogen and oxygen atoms in total. The van der Waals surface area contributed by atoms with Crippen molar-refractivity contribution in [2.24, 2.45) is 16.9 Å². The summed E-state index contributed by atoms with van der Waals surface area (Å²) in [5.41, 5.74) is 5.51. The maximum atomic E-state index is 13.2. The van der Waals surface area contributed by atoms with Gasteiger partial charge in [-0.05, 0) is 42.0 Å². The molecule has 2 atom stereocenters. The summed E-state index contributed by atoms with van der Waals surface area (Å²) in [5, 5.41) is 6.72. The van der Waals surface area contributed by atoms with Gasteiger partial charge in [-0.25, -0.2) is 13.4 Å². The van der Waals surface area contributed by atoms with Gasteiger partial charge in [-0.15, -0.1) is 11.3 Å². The number of hydrogen-bond acceptors (Lipinski definition) is 6. The van der Waals surface area contributed by atoms with Gasteiger partial charge in [0.15, 0.2) is 0 Å². The lowest BCUT2D eigenvalue weighted by atomic mass is 9.94. The SMILES string of the molecule is CC1CC(C)CN(S(=O)(=O)c2cccc(-c3csc(N/N=C/C=C/c4ccccc4)n3)c2)C1. The molecule has 0 radical (unpaired) electrons. The van der Waals surface area contributed by atoms with Crippen LogP contribution in [-0.4, -0.2) is 37.0 Å². The van der Waals surface area contributed by atoms with Crippen LogP contribution >= 0.6 is 11.3 Å². The Hall–Kier alpha value is -2.81. The molecule has 1 N–H and O–H groups in total. The van der Waals surface area contributed by atoms with E-state index in [2.05, 4.69) is 29.4 Å². The molecule has 0 amide bonds. The molecule has 0 saturated carbocycles. The molecule has 4 rings (SSSR count). The van der Waals surface area contributed by atoms with E-state index >= 15 is 0 Å². The maximum absolute atomic E-state index is 13.2. The molecular weight excluding hydrogens is 452 g/mol. The Morgan fingerprint density at radius 3 is 2.61 bits per heavy atom. The lowest BCUT2D eigenvalue weighted by molar-refractivity contribution is 0.222.